The molecule has 1 aliphatic heterocycles. The van der Waals surface area contributed by atoms with Crippen LogP contribution in [0, 0.1) is 0 Å². The van der Waals surface area contributed by atoms with Gasteiger partial charge in [0.25, 0.3) is 5.91 Å². The molecule has 0 bridgehead atoms. The van der Waals surface area contributed by atoms with Crippen molar-refractivity contribution in [2.75, 3.05) is 6.54 Å². The van der Waals surface area contributed by atoms with E-state index in [-0.39, 0.29) is 11.9 Å². The molecular formula is C18H15ClN2OS. The van der Waals surface area contributed by atoms with Gasteiger partial charge in [-0.2, -0.15) is 0 Å². The van der Waals surface area contributed by atoms with Gasteiger partial charge in [-0.05, 0) is 43.2 Å². The highest BCUT2D eigenvalue weighted by Crippen LogP contribution is 2.37. The molecule has 1 atom stereocenters. The Hall–Kier alpha value is -1.91. The summed E-state index contributed by atoms with van der Waals surface area (Å²) in [6.45, 7) is 0.770. The average molecular weight is 343 g/mol. The highest BCUT2D eigenvalue weighted by molar-refractivity contribution is 7.18. The van der Waals surface area contributed by atoms with Gasteiger partial charge in [-0.25, -0.2) is 4.98 Å². The Morgan fingerprint density at radius 1 is 1.22 bits per heavy atom. The summed E-state index contributed by atoms with van der Waals surface area (Å²) < 4.78 is 1.17. The van der Waals surface area contributed by atoms with Gasteiger partial charge in [0.1, 0.15) is 5.01 Å². The Morgan fingerprint density at radius 3 is 2.91 bits per heavy atom. The van der Waals surface area contributed by atoms with Gasteiger partial charge in [-0.3, -0.25) is 4.79 Å². The second-order valence-corrected chi connectivity index (χ2v) is 7.19. The molecule has 1 saturated heterocycles. The van der Waals surface area contributed by atoms with Gasteiger partial charge in [0, 0.05) is 17.1 Å². The highest BCUT2D eigenvalue weighted by atomic mass is 35.5. The van der Waals surface area contributed by atoms with E-state index in [2.05, 4.69) is 6.07 Å². The minimum atomic E-state index is 0.0363. The van der Waals surface area contributed by atoms with E-state index >= 15 is 0 Å². The van der Waals surface area contributed by atoms with Gasteiger partial charge in [0.15, 0.2) is 0 Å². The molecule has 0 unspecified atom stereocenters. The summed E-state index contributed by atoms with van der Waals surface area (Å²) in [5, 5.41) is 1.62. The smallest absolute Gasteiger partial charge is 0.254 e. The summed E-state index contributed by atoms with van der Waals surface area (Å²) in [4.78, 5) is 19.5. The average Bonchev–Trinajstić information content (AvgIpc) is 3.20. The van der Waals surface area contributed by atoms with Crippen LogP contribution in [0.4, 0.5) is 0 Å². The predicted molar refractivity (Wildman–Crippen MR) is 94.1 cm³/mol. The topological polar surface area (TPSA) is 33.2 Å². The fourth-order valence-electron chi connectivity index (χ4n) is 3.09. The maximum Gasteiger partial charge on any atom is 0.254 e. The molecule has 0 radical (unpaired) electrons. The number of fused-ring (bicyclic) bond motifs is 1. The highest BCUT2D eigenvalue weighted by Gasteiger charge is 2.32. The summed E-state index contributed by atoms with van der Waals surface area (Å²) in [5.41, 5.74) is 1.65. The number of hydrogen-bond acceptors (Lipinski definition) is 3. The largest absolute Gasteiger partial charge is 0.329 e. The molecule has 116 valence electrons. The van der Waals surface area contributed by atoms with E-state index in [0.29, 0.717) is 10.6 Å². The molecule has 0 N–H and O–H groups in total. The van der Waals surface area contributed by atoms with Crippen molar-refractivity contribution in [3.8, 4) is 0 Å². The third-order valence-electron chi connectivity index (χ3n) is 4.18. The van der Waals surface area contributed by atoms with Crippen LogP contribution in [-0.2, 0) is 0 Å². The summed E-state index contributed by atoms with van der Waals surface area (Å²) in [6, 6.07) is 15.3. The van der Waals surface area contributed by atoms with Crippen LogP contribution >= 0.6 is 22.9 Å². The number of halogens is 1. The number of hydrogen-bond donors (Lipinski definition) is 0. The number of carbonyl (C=O) groups excluding carboxylic acids is 1. The lowest BCUT2D eigenvalue weighted by molar-refractivity contribution is 0.0735. The zero-order chi connectivity index (χ0) is 15.8. The van der Waals surface area contributed by atoms with Crippen LogP contribution in [0.3, 0.4) is 0 Å². The third-order valence-corrected chi connectivity index (χ3v) is 5.55. The first-order valence-electron chi connectivity index (χ1n) is 7.64. The van der Waals surface area contributed by atoms with Gasteiger partial charge in [-0.1, -0.05) is 29.8 Å². The number of para-hydroxylation sites is 1. The molecule has 1 aromatic heterocycles. The van der Waals surface area contributed by atoms with Crippen molar-refractivity contribution < 1.29 is 4.79 Å². The van der Waals surface area contributed by atoms with Crippen molar-refractivity contribution in [2.45, 2.75) is 18.9 Å². The Kier molecular flexibility index (Phi) is 3.79. The van der Waals surface area contributed by atoms with Crippen LogP contribution in [0.1, 0.15) is 34.2 Å². The molecule has 3 nitrogen and oxygen atoms in total. The number of carbonyl (C=O) groups is 1. The van der Waals surface area contributed by atoms with Crippen molar-refractivity contribution in [2.24, 2.45) is 0 Å². The summed E-state index contributed by atoms with van der Waals surface area (Å²) in [6.07, 6.45) is 1.97. The summed E-state index contributed by atoms with van der Waals surface area (Å²) in [7, 11) is 0. The minimum Gasteiger partial charge on any atom is -0.329 e. The maximum atomic E-state index is 12.8. The van der Waals surface area contributed by atoms with Crippen LogP contribution in [-0.4, -0.2) is 22.3 Å². The van der Waals surface area contributed by atoms with E-state index in [1.165, 1.54) is 4.70 Å². The van der Waals surface area contributed by atoms with Gasteiger partial charge >= 0.3 is 0 Å². The predicted octanol–water partition coefficient (Wildman–Crippen LogP) is 4.93. The molecule has 3 aromatic rings. The fourth-order valence-corrected chi connectivity index (χ4v) is 4.39. The molecule has 0 spiro atoms. The number of benzene rings is 2. The molecule has 1 aliphatic rings. The first-order chi connectivity index (χ1) is 11.2. The zero-order valence-electron chi connectivity index (χ0n) is 12.4. The monoisotopic (exact) mass is 342 g/mol. The van der Waals surface area contributed by atoms with Crippen LogP contribution in [0.2, 0.25) is 5.02 Å². The Labute approximate surface area is 143 Å². The van der Waals surface area contributed by atoms with E-state index in [1.54, 1.807) is 23.5 Å². The molecule has 2 heterocycles. The lowest BCUT2D eigenvalue weighted by atomic mass is 10.1. The van der Waals surface area contributed by atoms with E-state index in [9.17, 15) is 4.79 Å². The van der Waals surface area contributed by atoms with E-state index in [1.807, 2.05) is 35.2 Å². The van der Waals surface area contributed by atoms with Gasteiger partial charge in [0.05, 0.1) is 16.3 Å². The molecule has 5 heteroatoms. The first kappa shape index (κ1) is 14.7. The minimum absolute atomic E-state index is 0.0363. The molecule has 1 fully saturated rings. The molecule has 23 heavy (non-hydrogen) atoms. The number of likely N-dealkylation sites (tertiary alicyclic amines) is 1. The number of rotatable bonds is 2. The second kappa shape index (κ2) is 5.95. The van der Waals surface area contributed by atoms with Crippen LogP contribution in [0.15, 0.2) is 48.5 Å². The molecule has 0 aliphatic carbocycles. The van der Waals surface area contributed by atoms with Gasteiger partial charge < -0.3 is 4.90 Å². The molecular weight excluding hydrogens is 328 g/mol. The molecule has 2 aromatic carbocycles. The normalized spacial score (nSPS) is 17.8. The number of nitrogens with zero attached hydrogens (tertiary/aromatic N) is 2. The fraction of sp³-hybridized carbons (Fsp3) is 0.222. The first-order valence-corrected chi connectivity index (χ1v) is 8.84. The molecule has 0 saturated carbocycles. The standard InChI is InChI=1S/C18H15ClN2OS/c19-13-6-3-5-12(11-13)18(22)21-10-4-8-15(21)17-20-14-7-1-2-9-16(14)23-17/h1-3,5-7,9,11,15H,4,8,10H2/t15-/m1/s1. The van der Waals surface area contributed by atoms with Gasteiger partial charge in [0.2, 0.25) is 0 Å². The summed E-state index contributed by atoms with van der Waals surface area (Å²) in [5.74, 6) is 0.0363. The van der Waals surface area contributed by atoms with Crippen LogP contribution < -0.4 is 0 Å². The number of thiazole rings is 1. The lowest BCUT2D eigenvalue weighted by Gasteiger charge is -2.23. The maximum absolute atomic E-state index is 12.8. The van der Waals surface area contributed by atoms with E-state index in [0.717, 1.165) is 29.9 Å². The van der Waals surface area contributed by atoms with Gasteiger partial charge in [-0.15, -0.1) is 11.3 Å². The Bertz CT molecular complexity index is 843. The Morgan fingerprint density at radius 2 is 2.09 bits per heavy atom. The summed E-state index contributed by atoms with van der Waals surface area (Å²) >= 11 is 7.70. The number of aromatic nitrogens is 1. The Balaban J connectivity index is 1.67. The molecule has 4 rings (SSSR count). The molecule has 1 amide bonds. The van der Waals surface area contributed by atoms with Crippen LogP contribution in [0.5, 0.6) is 0 Å². The van der Waals surface area contributed by atoms with E-state index in [4.69, 9.17) is 16.6 Å². The van der Waals surface area contributed by atoms with Crippen LogP contribution in [0.25, 0.3) is 10.2 Å². The van der Waals surface area contributed by atoms with Crippen molar-refractivity contribution in [1.29, 1.82) is 0 Å². The van der Waals surface area contributed by atoms with Crippen molar-refractivity contribution in [3.05, 3.63) is 64.1 Å². The van der Waals surface area contributed by atoms with Crippen molar-refractivity contribution >= 4 is 39.1 Å². The lowest BCUT2D eigenvalue weighted by Crippen LogP contribution is -2.30. The third kappa shape index (κ3) is 2.73. The number of amides is 1. The van der Waals surface area contributed by atoms with Crippen molar-refractivity contribution in [3.63, 3.8) is 0 Å². The van der Waals surface area contributed by atoms with E-state index < -0.39 is 0 Å². The van der Waals surface area contributed by atoms with Crippen molar-refractivity contribution in [1.82, 2.24) is 9.88 Å². The quantitative estimate of drug-likeness (QED) is 0.661. The zero-order valence-corrected chi connectivity index (χ0v) is 14.0. The second-order valence-electron chi connectivity index (χ2n) is 5.69. The SMILES string of the molecule is O=C(c1cccc(Cl)c1)N1CCC[C@@H]1c1nc2ccccc2s1.